The maximum Gasteiger partial charge on any atom is 0.150 e. The number of rotatable bonds is 3. The molecule has 0 aromatic heterocycles. The minimum absolute atomic E-state index is 0.836. The van der Waals surface area contributed by atoms with Crippen molar-refractivity contribution in [1.29, 1.82) is 0 Å². The third kappa shape index (κ3) is 2.66. The Bertz CT molecular complexity index is 329. The van der Waals surface area contributed by atoms with E-state index in [1.807, 2.05) is 18.2 Å². The van der Waals surface area contributed by atoms with Crippen molar-refractivity contribution in [2.75, 3.05) is 13.1 Å². The van der Waals surface area contributed by atoms with E-state index < -0.39 is 0 Å². The summed E-state index contributed by atoms with van der Waals surface area (Å²) in [6.45, 7) is 3.27. The molecule has 0 amide bonds. The number of benzene rings is 1. The summed E-state index contributed by atoms with van der Waals surface area (Å²) in [5.41, 5.74) is 2.00. The van der Waals surface area contributed by atoms with Crippen LogP contribution in [0.2, 0.25) is 0 Å². The molecular formula is C13H17NO. The van der Waals surface area contributed by atoms with Crippen molar-refractivity contribution in [3.05, 3.63) is 35.4 Å². The summed E-state index contributed by atoms with van der Waals surface area (Å²) >= 11 is 0. The van der Waals surface area contributed by atoms with Gasteiger partial charge in [0.2, 0.25) is 0 Å². The molecule has 1 aromatic carbocycles. The van der Waals surface area contributed by atoms with E-state index in [0.29, 0.717) is 0 Å². The van der Waals surface area contributed by atoms with Gasteiger partial charge in [0.25, 0.3) is 0 Å². The Balaban J connectivity index is 2.05. The molecule has 1 fully saturated rings. The first-order chi connectivity index (χ1) is 7.40. The van der Waals surface area contributed by atoms with Gasteiger partial charge in [0.05, 0.1) is 0 Å². The molecule has 1 saturated heterocycles. The molecule has 0 spiro atoms. The van der Waals surface area contributed by atoms with Gasteiger partial charge in [0, 0.05) is 12.1 Å². The fourth-order valence-corrected chi connectivity index (χ4v) is 2.15. The molecule has 80 valence electrons. The minimum atomic E-state index is 0.836. The molecule has 0 radical (unpaired) electrons. The van der Waals surface area contributed by atoms with Gasteiger partial charge in [-0.3, -0.25) is 9.69 Å². The molecule has 2 heteroatoms. The first kappa shape index (κ1) is 10.4. The fourth-order valence-electron chi connectivity index (χ4n) is 2.15. The lowest BCUT2D eigenvalue weighted by atomic mass is 10.1. The average molecular weight is 203 g/mol. The van der Waals surface area contributed by atoms with Gasteiger partial charge < -0.3 is 0 Å². The Hall–Kier alpha value is -1.15. The first-order valence-electron chi connectivity index (χ1n) is 5.65. The number of hydrogen-bond donors (Lipinski definition) is 0. The van der Waals surface area contributed by atoms with Crippen LogP contribution in [0.25, 0.3) is 0 Å². The molecule has 1 aliphatic rings. The van der Waals surface area contributed by atoms with Crippen molar-refractivity contribution in [3.63, 3.8) is 0 Å². The number of carbonyl (C=O) groups excluding carboxylic acids is 1. The number of nitrogens with zero attached hydrogens (tertiary/aromatic N) is 1. The van der Waals surface area contributed by atoms with E-state index in [1.54, 1.807) is 0 Å². The van der Waals surface area contributed by atoms with Crippen molar-refractivity contribution in [2.24, 2.45) is 0 Å². The Morgan fingerprint density at radius 3 is 2.60 bits per heavy atom. The van der Waals surface area contributed by atoms with Crippen LogP contribution in [0.1, 0.15) is 35.2 Å². The van der Waals surface area contributed by atoms with E-state index in [2.05, 4.69) is 11.0 Å². The lowest BCUT2D eigenvalue weighted by molar-refractivity contribution is 0.112. The zero-order chi connectivity index (χ0) is 10.5. The number of aldehydes is 1. The predicted octanol–water partition coefficient (Wildman–Crippen LogP) is 2.49. The van der Waals surface area contributed by atoms with E-state index >= 15 is 0 Å². The van der Waals surface area contributed by atoms with Crippen molar-refractivity contribution in [2.45, 2.75) is 25.8 Å². The largest absolute Gasteiger partial charge is 0.299 e. The van der Waals surface area contributed by atoms with E-state index in [1.165, 1.54) is 32.4 Å². The summed E-state index contributed by atoms with van der Waals surface area (Å²) in [6, 6.07) is 7.88. The van der Waals surface area contributed by atoms with Crippen molar-refractivity contribution >= 4 is 6.29 Å². The smallest absolute Gasteiger partial charge is 0.150 e. The summed E-state index contributed by atoms with van der Waals surface area (Å²) in [5, 5.41) is 0. The first-order valence-corrected chi connectivity index (χ1v) is 5.65. The van der Waals surface area contributed by atoms with Gasteiger partial charge in [-0.15, -0.1) is 0 Å². The van der Waals surface area contributed by atoms with Crippen LogP contribution in [-0.2, 0) is 6.54 Å². The van der Waals surface area contributed by atoms with Crippen LogP contribution in [-0.4, -0.2) is 24.3 Å². The maximum atomic E-state index is 10.9. The van der Waals surface area contributed by atoms with Crippen molar-refractivity contribution in [3.8, 4) is 0 Å². The lowest BCUT2D eigenvalue weighted by Gasteiger charge is -2.26. The molecule has 0 saturated carbocycles. The summed E-state index contributed by atoms with van der Waals surface area (Å²) in [4.78, 5) is 13.3. The van der Waals surface area contributed by atoms with Gasteiger partial charge in [-0.25, -0.2) is 0 Å². The Morgan fingerprint density at radius 2 is 1.87 bits per heavy atom. The normalized spacial score (nSPS) is 17.6. The minimum Gasteiger partial charge on any atom is -0.299 e. The highest BCUT2D eigenvalue weighted by atomic mass is 16.1. The molecule has 1 heterocycles. The summed E-state index contributed by atoms with van der Waals surface area (Å²) in [5.74, 6) is 0. The molecule has 2 nitrogen and oxygen atoms in total. The topological polar surface area (TPSA) is 20.3 Å². The SMILES string of the molecule is O=Cc1ccccc1CN1CCCCC1. The molecule has 2 rings (SSSR count). The number of likely N-dealkylation sites (tertiary alicyclic amines) is 1. The Morgan fingerprint density at radius 1 is 1.13 bits per heavy atom. The van der Waals surface area contributed by atoms with Crippen LogP contribution in [0.15, 0.2) is 24.3 Å². The second-order valence-corrected chi connectivity index (χ2v) is 4.15. The molecule has 0 unspecified atom stereocenters. The fraction of sp³-hybridized carbons (Fsp3) is 0.462. The Labute approximate surface area is 90.9 Å². The van der Waals surface area contributed by atoms with E-state index in [0.717, 1.165) is 24.0 Å². The van der Waals surface area contributed by atoms with Gasteiger partial charge in [0.1, 0.15) is 6.29 Å². The monoisotopic (exact) mass is 203 g/mol. The van der Waals surface area contributed by atoms with E-state index in [4.69, 9.17) is 0 Å². The molecule has 0 N–H and O–H groups in total. The molecule has 15 heavy (non-hydrogen) atoms. The van der Waals surface area contributed by atoms with Crippen LogP contribution in [0.3, 0.4) is 0 Å². The van der Waals surface area contributed by atoms with E-state index in [-0.39, 0.29) is 0 Å². The quantitative estimate of drug-likeness (QED) is 0.703. The van der Waals surface area contributed by atoms with Gasteiger partial charge in [-0.2, -0.15) is 0 Å². The summed E-state index contributed by atoms with van der Waals surface area (Å²) < 4.78 is 0. The molecule has 0 aliphatic carbocycles. The molecule has 1 aromatic rings. The van der Waals surface area contributed by atoms with Gasteiger partial charge >= 0.3 is 0 Å². The van der Waals surface area contributed by atoms with Gasteiger partial charge in [0.15, 0.2) is 0 Å². The number of hydrogen-bond acceptors (Lipinski definition) is 2. The van der Waals surface area contributed by atoms with Crippen LogP contribution in [0.4, 0.5) is 0 Å². The highest BCUT2D eigenvalue weighted by Crippen LogP contribution is 2.14. The van der Waals surface area contributed by atoms with Crippen LogP contribution >= 0.6 is 0 Å². The highest BCUT2D eigenvalue weighted by Gasteiger charge is 2.11. The lowest BCUT2D eigenvalue weighted by Crippen LogP contribution is -2.29. The maximum absolute atomic E-state index is 10.9. The zero-order valence-electron chi connectivity index (χ0n) is 8.98. The molecular weight excluding hydrogens is 186 g/mol. The highest BCUT2D eigenvalue weighted by molar-refractivity contribution is 5.77. The van der Waals surface area contributed by atoms with Crippen molar-refractivity contribution in [1.82, 2.24) is 4.90 Å². The second-order valence-electron chi connectivity index (χ2n) is 4.15. The third-order valence-electron chi connectivity index (χ3n) is 3.02. The predicted molar refractivity (Wildman–Crippen MR) is 61.0 cm³/mol. The second kappa shape index (κ2) is 5.08. The molecule has 1 aliphatic heterocycles. The van der Waals surface area contributed by atoms with Crippen molar-refractivity contribution < 1.29 is 4.79 Å². The molecule has 0 bridgehead atoms. The number of carbonyl (C=O) groups is 1. The zero-order valence-corrected chi connectivity index (χ0v) is 8.98. The molecule has 0 atom stereocenters. The Kier molecular flexibility index (Phi) is 3.51. The van der Waals surface area contributed by atoms with Crippen LogP contribution < -0.4 is 0 Å². The summed E-state index contributed by atoms with van der Waals surface area (Å²) in [7, 11) is 0. The standard InChI is InChI=1S/C13H17NO/c15-11-13-7-3-2-6-12(13)10-14-8-4-1-5-9-14/h2-3,6-7,11H,1,4-5,8-10H2. The van der Waals surface area contributed by atoms with Gasteiger partial charge in [-0.05, 0) is 31.5 Å². The van der Waals surface area contributed by atoms with Crippen LogP contribution in [0, 0.1) is 0 Å². The van der Waals surface area contributed by atoms with E-state index in [9.17, 15) is 4.79 Å². The number of piperidine rings is 1. The van der Waals surface area contributed by atoms with Crippen LogP contribution in [0.5, 0.6) is 0 Å². The van der Waals surface area contributed by atoms with Gasteiger partial charge in [-0.1, -0.05) is 30.7 Å². The summed E-state index contributed by atoms with van der Waals surface area (Å²) in [6.07, 6.45) is 4.90. The average Bonchev–Trinajstić information content (AvgIpc) is 2.31. The third-order valence-corrected chi connectivity index (χ3v) is 3.02.